The highest BCUT2D eigenvalue weighted by molar-refractivity contribution is 5.70. The van der Waals surface area contributed by atoms with Crippen molar-refractivity contribution in [1.82, 2.24) is 0 Å². The van der Waals surface area contributed by atoms with E-state index in [1.165, 1.54) is 0 Å². The van der Waals surface area contributed by atoms with E-state index in [4.69, 9.17) is 5.11 Å². The van der Waals surface area contributed by atoms with Gasteiger partial charge in [0.2, 0.25) is 0 Å². The van der Waals surface area contributed by atoms with E-state index in [0.717, 1.165) is 6.92 Å². The maximum atomic E-state index is 12.5. The van der Waals surface area contributed by atoms with Gasteiger partial charge in [0.05, 0.1) is 6.42 Å². The highest BCUT2D eigenvalue weighted by Crippen LogP contribution is 2.14. The summed E-state index contributed by atoms with van der Waals surface area (Å²) in [7, 11) is 0. The second-order valence-corrected chi connectivity index (χ2v) is 2.13. The molecule has 5 heteroatoms. The van der Waals surface area contributed by atoms with Gasteiger partial charge >= 0.3 is 5.97 Å². The number of aliphatic carboxylic acids is 1. The molecule has 0 fully saturated rings. The number of hydrogen-bond acceptors (Lipinski definition) is 1. The van der Waals surface area contributed by atoms with Gasteiger partial charge in [-0.1, -0.05) is 0 Å². The van der Waals surface area contributed by atoms with Crippen molar-refractivity contribution < 1.29 is 23.1 Å². The van der Waals surface area contributed by atoms with E-state index in [-0.39, 0.29) is 11.6 Å². The van der Waals surface area contributed by atoms with Crippen LogP contribution in [0.5, 0.6) is 0 Å². The minimum atomic E-state index is -2.18. The highest BCUT2D eigenvalue weighted by atomic mass is 19.3. The molecule has 0 aliphatic carbocycles. The lowest BCUT2D eigenvalue weighted by Crippen LogP contribution is -1.95. The summed E-state index contributed by atoms with van der Waals surface area (Å²) in [6, 6.07) is 0. The number of hydrogen-bond donors (Lipinski definition) is 1. The molecule has 2 nitrogen and oxygen atoms in total. The van der Waals surface area contributed by atoms with Crippen molar-refractivity contribution in [1.29, 1.82) is 0 Å². The Balaban J connectivity index is 4.47. The summed E-state index contributed by atoms with van der Waals surface area (Å²) in [5.41, 5.74) is -0.227. The predicted molar refractivity (Wildman–Crippen MR) is 36.4 cm³/mol. The number of carbonyl (C=O) groups is 1. The lowest BCUT2D eigenvalue weighted by Gasteiger charge is -1.95. The molecule has 0 aliphatic rings. The zero-order chi connectivity index (χ0) is 9.72. The molecule has 0 spiro atoms. The van der Waals surface area contributed by atoms with Crippen molar-refractivity contribution in [2.45, 2.75) is 13.3 Å². The van der Waals surface area contributed by atoms with E-state index in [9.17, 15) is 18.0 Å². The largest absolute Gasteiger partial charge is 0.481 e. The lowest BCUT2D eigenvalue weighted by atomic mass is 10.2. The minimum absolute atomic E-state index is 0.00171. The molecule has 0 heterocycles. The molecule has 0 rings (SSSR count). The van der Waals surface area contributed by atoms with Crippen LogP contribution >= 0.6 is 0 Å². The number of allylic oxidation sites excluding steroid dienone is 2. The zero-order valence-electron chi connectivity index (χ0n) is 6.27. The smallest absolute Gasteiger partial charge is 0.307 e. The average molecular weight is 180 g/mol. The van der Waals surface area contributed by atoms with Crippen LogP contribution in [0.4, 0.5) is 13.2 Å². The van der Waals surface area contributed by atoms with E-state index in [2.05, 4.69) is 0 Å². The molecule has 1 N–H and O–H groups in total. The molecule has 0 aromatic heterocycles. The zero-order valence-corrected chi connectivity index (χ0v) is 6.27. The van der Waals surface area contributed by atoms with Crippen LogP contribution in [-0.2, 0) is 4.79 Å². The van der Waals surface area contributed by atoms with E-state index < -0.39 is 24.3 Å². The summed E-state index contributed by atoms with van der Waals surface area (Å²) >= 11 is 0. The van der Waals surface area contributed by atoms with Crippen LogP contribution in [0.2, 0.25) is 0 Å². The molecule has 12 heavy (non-hydrogen) atoms. The first-order valence-corrected chi connectivity index (χ1v) is 3.03. The molecule has 0 aromatic carbocycles. The molecular weight excluding hydrogens is 173 g/mol. The fraction of sp³-hybridized carbons (Fsp3) is 0.286. The molecule has 68 valence electrons. The molecule has 0 bridgehead atoms. The van der Waals surface area contributed by atoms with Crippen molar-refractivity contribution in [2.75, 3.05) is 0 Å². The summed E-state index contributed by atoms with van der Waals surface area (Å²) in [4.78, 5) is 9.99. The van der Waals surface area contributed by atoms with Gasteiger partial charge in [0.15, 0.2) is 0 Å². The number of carboxylic acid groups (broad SMARTS) is 1. The van der Waals surface area contributed by atoms with E-state index in [1.54, 1.807) is 0 Å². The van der Waals surface area contributed by atoms with Gasteiger partial charge in [0.1, 0.15) is 5.83 Å². The van der Waals surface area contributed by atoms with Crippen LogP contribution in [0.1, 0.15) is 13.3 Å². The summed E-state index contributed by atoms with van der Waals surface area (Å²) in [6.07, 6.45) is -2.76. The summed E-state index contributed by atoms with van der Waals surface area (Å²) in [6.45, 7) is 1.14. The Hall–Kier alpha value is -1.26. The third-order valence-electron chi connectivity index (χ3n) is 1.06. The van der Waals surface area contributed by atoms with E-state index >= 15 is 0 Å². The topological polar surface area (TPSA) is 37.3 Å². The van der Waals surface area contributed by atoms with E-state index in [1.807, 2.05) is 0 Å². The maximum absolute atomic E-state index is 12.5. The van der Waals surface area contributed by atoms with E-state index in [0.29, 0.717) is 0 Å². The normalized spacial score (nSPS) is 12.0. The first-order chi connectivity index (χ1) is 5.43. The van der Waals surface area contributed by atoms with Crippen LogP contribution in [0, 0.1) is 0 Å². The molecule has 0 saturated carbocycles. The van der Waals surface area contributed by atoms with Crippen LogP contribution < -0.4 is 0 Å². The van der Waals surface area contributed by atoms with Gasteiger partial charge in [-0.3, -0.25) is 4.79 Å². The second kappa shape index (κ2) is 4.58. The van der Waals surface area contributed by atoms with Gasteiger partial charge in [-0.2, -0.15) is 8.78 Å². The number of carboxylic acids is 1. The summed E-state index contributed by atoms with van der Waals surface area (Å²) < 4.78 is 35.3. The Morgan fingerprint density at radius 2 is 1.92 bits per heavy atom. The Labute approximate surface area is 67.0 Å². The first-order valence-electron chi connectivity index (χ1n) is 3.03. The summed E-state index contributed by atoms with van der Waals surface area (Å²) in [5, 5.41) is 8.16. The quantitative estimate of drug-likeness (QED) is 0.677. The summed E-state index contributed by atoms with van der Waals surface area (Å²) in [5.74, 6) is -2.45. The van der Waals surface area contributed by atoms with Crippen LogP contribution in [-0.4, -0.2) is 11.1 Å². The monoisotopic (exact) mass is 180 g/mol. The number of rotatable bonds is 3. The standard InChI is InChI=1S/C7H7F3O2/c1-4(2-7(11)12)5(8)3-6(9)10/h3H,2H2,1H3,(H,11,12)/b5-4-. The second-order valence-electron chi connectivity index (χ2n) is 2.13. The SMILES string of the molecule is C/C(CC(=O)O)=C(/F)C=C(F)F. The third kappa shape index (κ3) is 4.54. The van der Waals surface area contributed by atoms with Gasteiger partial charge in [-0.25, -0.2) is 4.39 Å². The third-order valence-corrected chi connectivity index (χ3v) is 1.06. The molecule has 0 aliphatic heterocycles. The van der Waals surface area contributed by atoms with Crippen LogP contribution in [0.3, 0.4) is 0 Å². The lowest BCUT2D eigenvalue weighted by molar-refractivity contribution is -0.136. The minimum Gasteiger partial charge on any atom is -0.481 e. The maximum Gasteiger partial charge on any atom is 0.307 e. The molecule has 0 saturated heterocycles. The van der Waals surface area contributed by atoms with Crippen molar-refractivity contribution in [3.63, 3.8) is 0 Å². The average Bonchev–Trinajstić information content (AvgIpc) is 1.84. The fourth-order valence-corrected chi connectivity index (χ4v) is 0.530. The highest BCUT2D eigenvalue weighted by Gasteiger charge is 2.05. The van der Waals surface area contributed by atoms with Gasteiger partial charge in [-0.05, 0) is 12.5 Å². The van der Waals surface area contributed by atoms with Crippen LogP contribution in [0.15, 0.2) is 23.6 Å². The molecule has 0 amide bonds. The molecule has 0 atom stereocenters. The first kappa shape index (κ1) is 10.7. The fourth-order valence-electron chi connectivity index (χ4n) is 0.530. The van der Waals surface area contributed by atoms with Crippen molar-refractivity contribution in [2.24, 2.45) is 0 Å². The van der Waals surface area contributed by atoms with Gasteiger partial charge in [0.25, 0.3) is 6.08 Å². The molecule has 0 aromatic rings. The molecule has 0 radical (unpaired) electrons. The Bertz CT molecular complexity index is 239. The van der Waals surface area contributed by atoms with Gasteiger partial charge in [0, 0.05) is 6.08 Å². The van der Waals surface area contributed by atoms with Crippen molar-refractivity contribution in [3.05, 3.63) is 23.6 Å². The van der Waals surface area contributed by atoms with Crippen molar-refractivity contribution in [3.8, 4) is 0 Å². The van der Waals surface area contributed by atoms with Gasteiger partial charge < -0.3 is 5.11 Å². The van der Waals surface area contributed by atoms with Gasteiger partial charge in [-0.15, -0.1) is 0 Å². The van der Waals surface area contributed by atoms with Crippen molar-refractivity contribution >= 4 is 5.97 Å². The number of halogens is 3. The molecular formula is C7H7F3O2. The Morgan fingerprint density at radius 1 is 1.42 bits per heavy atom. The van der Waals surface area contributed by atoms with Crippen LogP contribution in [0.25, 0.3) is 0 Å². The Morgan fingerprint density at radius 3 is 2.25 bits per heavy atom. The molecule has 0 unspecified atom stereocenters. The Kier molecular flexibility index (Phi) is 4.10. The predicted octanol–water partition coefficient (Wildman–Crippen LogP) is 2.49.